The zero-order chi connectivity index (χ0) is 16.8. The van der Waals surface area contributed by atoms with Gasteiger partial charge < -0.3 is 10.6 Å². The van der Waals surface area contributed by atoms with Crippen LogP contribution >= 0.6 is 11.3 Å². The van der Waals surface area contributed by atoms with Gasteiger partial charge in [0.2, 0.25) is 0 Å². The van der Waals surface area contributed by atoms with Crippen molar-refractivity contribution in [2.24, 2.45) is 0 Å². The fourth-order valence-corrected chi connectivity index (χ4v) is 4.19. The number of urea groups is 1. The predicted molar refractivity (Wildman–Crippen MR) is 98.3 cm³/mol. The quantitative estimate of drug-likeness (QED) is 0.856. The summed E-state index contributed by atoms with van der Waals surface area (Å²) in [4.78, 5) is 17.9. The number of carbonyl (C=O) groups excluding carboxylic acids is 1. The largest absolute Gasteiger partial charge is 0.335 e. The zero-order valence-electron chi connectivity index (χ0n) is 14.2. The van der Waals surface area contributed by atoms with Crippen molar-refractivity contribution in [2.45, 2.75) is 58.0 Å². The minimum atomic E-state index is -0.0700. The number of hydrogen-bond donors (Lipinski definition) is 2. The first kappa shape index (κ1) is 17.0. The van der Waals surface area contributed by atoms with E-state index in [2.05, 4.69) is 39.9 Å². The van der Waals surface area contributed by atoms with Crippen LogP contribution in [0.2, 0.25) is 0 Å². The number of thiazole rings is 1. The maximum Gasteiger partial charge on any atom is 0.315 e. The number of nitrogens with zero attached hydrogens (tertiary/aromatic N) is 1. The van der Waals surface area contributed by atoms with Crippen LogP contribution in [0.3, 0.4) is 0 Å². The Bertz CT molecular complexity index is 663. The SMILES string of the molecule is Cc1nc(CNC(=O)NC2CCCCC2)sc1Cc1ccccc1. The van der Waals surface area contributed by atoms with Crippen LogP contribution in [0.1, 0.15) is 53.2 Å². The third-order valence-electron chi connectivity index (χ3n) is 4.49. The van der Waals surface area contributed by atoms with E-state index in [0.717, 1.165) is 30.0 Å². The van der Waals surface area contributed by atoms with E-state index in [1.54, 1.807) is 11.3 Å². The third-order valence-corrected chi connectivity index (χ3v) is 5.64. The van der Waals surface area contributed by atoms with E-state index in [1.165, 1.54) is 29.7 Å². The summed E-state index contributed by atoms with van der Waals surface area (Å²) >= 11 is 1.69. The lowest BCUT2D eigenvalue weighted by molar-refractivity contribution is 0.232. The molecule has 1 saturated carbocycles. The van der Waals surface area contributed by atoms with Gasteiger partial charge in [-0.25, -0.2) is 9.78 Å². The number of nitrogens with one attached hydrogen (secondary N) is 2. The van der Waals surface area contributed by atoms with E-state index in [0.29, 0.717) is 12.6 Å². The highest BCUT2D eigenvalue weighted by Gasteiger charge is 2.16. The van der Waals surface area contributed by atoms with Crippen LogP contribution in [0.5, 0.6) is 0 Å². The number of benzene rings is 1. The lowest BCUT2D eigenvalue weighted by Crippen LogP contribution is -2.42. The molecule has 2 aromatic rings. The topological polar surface area (TPSA) is 54.0 Å². The van der Waals surface area contributed by atoms with Crippen molar-refractivity contribution in [1.29, 1.82) is 0 Å². The number of rotatable bonds is 5. The molecule has 0 bridgehead atoms. The molecule has 1 aliphatic carbocycles. The van der Waals surface area contributed by atoms with Crippen LogP contribution in [-0.2, 0) is 13.0 Å². The van der Waals surface area contributed by atoms with Crippen molar-refractivity contribution in [3.63, 3.8) is 0 Å². The van der Waals surface area contributed by atoms with Gasteiger partial charge in [-0.05, 0) is 25.3 Å². The first-order chi connectivity index (χ1) is 11.7. The van der Waals surface area contributed by atoms with Gasteiger partial charge in [-0.15, -0.1) is 11.3 Å². The Balaban J connectivity index is 1.50. The Morgan fingerprint density at radius 1 is 1.21 bits per heavy atom. The molecule has 128 valence electrons. The van der Waals surface area contributed by atoms with Gasteiger partial charge in [-0.3, -0.25) is 0 Å². The molecular formula is C19H25N3OS. The number of aromatic nitrogens is 1. The van der Waals surface area contributed by atoms with Crippen LogP contribution in [0.15, 0.2) is 30.3 Å². The molecule has 2 amide bonds. The normalized spacial score (nSPS) is 15.2. The monoisotopic (exact) mass is 343 g/mol. The molecule has 4 nitrogen and oxygen atoms in total. The molecule has 1 aliphatic rings. The summed E-state index contributed by atoms with van der Waals surface area (Å²) in [6.07, 6.45) is 6.84. The second kappa shape index (κ2) is 8.29. The van der Waals surface area contributed by atoms with Gasteiger partial charge >= 0.3 is 6.03 Å². The van der Waals surface area contributed by atoms with Gasteiger partial charge in [0.05, 0.1) is 12.2 Å². The Hall–Kier alpha value is -1.88. The van der Waals surface area contributed by atoms with Crippen molar-refractivity contribution >= 4 is 17.4 Å². The number of carbonyl (C=O) groups is 1. The molecule has 0 saturated heterocycles. The predicted octanol–water partition coefficient (Wildman–Crippen LogP) is 4.17. The van der Waals surface area contributed by atoms with Gasteiger partial charge in [0.1, 0.15) is 5.01 Å². The Morgan fingerprint density at radius 3 is 2.71 bits per heavy atom. The fourth-order valence-electron chi connectivity index (χ4n) is 3.15. The minimum absolute atomic E-state index is 0.0700. The maximum atomic E-state index is 12.0. The molecule has 1 fully saturated rings. The van der Waals surface area contributed by atoms with Crippen molar-refractivity contribution < 1.29 is 4.79 Å². The minimum Gasteiger partial charge on any atom is -0.335 e. The average molecular weight is 343 g/mol. The van der Waals surface area contributed by atoms with Crippen LogP contribution in [0.4, 0.5) is 4.79 Å². The summed E-state index contributed by atoms with van der Waals surface area (Å²) in [6, 6.07) is 10.7. The molecule has 0 radical (unpaired) electrons. The second-order valence-corrected chi connectivity index (χ2v) is 7.61. The smallest absolute Gasteiger partial charge is 0.315 e. The number of hydrogen-bond acceptors (Lipinski definition) is 3. The van der Waals surface area contributed by atoms with Crippen LogP contribution in [0, 0.1) is 6.92 Å². The highest BCUT2D eigenvalue weighted by Crippen LogP contribution is 2.21. The molecule has 1 aromatic heterocycles. The molecule has 24 heavy (non-hydrogen) atoms. The summed E-state index contributed by atoms with van der Waals surface area (Å²) in [6.45, 7) is 2.54. The molecule has 0 aliphatic heterocycles. The molecule has 1 heterocycles. The fraction of sp³-hybridized carbons (Fsp3) is 0.474. The summed E-state index contributed by atoms with van der Waals surface area (Å²) in [5.41, 5.74) is 2.35. The summed E-state index contributed by atoms with van der Waals surface area (Å²) in [7, 11) is 0. The van der Waals surface area contributed by atoms with Gasteiger partial charge in [-0.1, -0.05) is 49.6 Å². The second-order valence-electron chi connectivity index (χ2n) is 6.44. The Kier molecular flexibility index (Phi) is 5.86. The van der Waals surface area contributed by atoms with E-state index < -0.39 is 0 Å². The molecule has 0 unspecified atom stereocenters. The molecular weight excluding hydrogens is 318 g/mol. The average Bonchev–Trinajstić information content (AvgIpc) is 2.95. The van der Waals surface area contributed by atoms with Crippen molar-refractivity contribution in [1.82, 2.24) is 15.6 Å². The molecule has 0 spiro atoms. The molecule has 3 rings (SSSR count). The molecule has 1 aromatic carbocycles. The highest BCUT2D eigenvalue weighted by molar-refractivity contribution is 7.11. The van der Waals surface area contributed by atoms with E-state index in [9.17, 15) is 4.79 Å². The summed E-state index contributed by atoms with van der Waals surface area (Å²) < 4.78 is 0. The molecule has 0 atom stereocenters. The van der Waals surface area contributed by atoms with E-state index >= 15 is 0 Å². The Labute approximate surface area is 147 Å². The standard InChI is InChI=1S/C19H25N3OS/c1-14-17(12-15-8-4-2-5-9-15)24-18(21-14)13-20-19(23)22-16-10-6-3-7-11-16/h2,4-5,8-9,16H,3,6-7,10-13H2,1H3,(H2,20,22,23). The summed E-state index contributed by atoms with van der Waals surface area (Å²) in [5, 5.41) is 7.00. The van der Waals surface area contributed by atoms with E-state index in [-0.39, 0.29) is 6.03 Å². The summed E-state index contributed by atoms with van der Waals surface area (Å²) in [5.74, 6) is 0. The third kappa shape index (κ3) is 4.81. The number of amides is 2. The number of aryl methyl sites for hydroxylation is 1. The van der Waals surface area contributed by atoms with Gasteiger partial charge in [0, 0.05) is 17.3 Å². The zero-order valence-corrected chi connectivity index (χ0v) is 15.0. The molecule has 5 heteroatoms. The van der Waals surface area contributed by atoms with Gasteiger partial charge in [0.15, 0.2) is 0 Å². The maximum absolute atomic E-state index is 12.0. The lowest BCUT2D eigenvalue weighted by Gasteiger charge is -2.22. The van der Waals surface area contributed by atoms with Crippen LogP contribution < -0.4 is 10.6 Å². The van der Waals surface area contributed by atoms with E-state index in [4.69, 9.17) is 0 Å². The first-order valence-corrected chi connectivity index (χ1v) is 9.56. The van der Waals surface area contributed by atoms with Crippen molar-refractivity contribution in [3.8, 4) is 0 Å². The van der Waals surface area contributed by atoms with Gasteiger partial charge in [0.25, 0.3) is 0 Å². The van der Waals surface area contributed by atoms with Gasteiger partial charge in [-0.2, -0.15) is 0 Å². The first-order valence-electron chi connectivity index (χ1n) is 8.74. The van der Waals surface area contributed by atoms with Crippen molar-refractivity contribution in [3.05, 3.63) is 51.5 Å². The van der Waals surface area contributed by atoms with Crippen molar-refractivity contribution in [2.75, 3.05) is 0 Å². The Morgan fingerprint density at radius 2 is 1.96 bits per heavy atom. The van der Waals surface area contributed by atoms with Crippen LogP contribution in [-0.4, -0.2) is 17.1 Å². The van der Waals surface area contributed by atoms with Crippen LogP contribution in [0.25, 0.3) is 0 Å². The lowest BCUT2D eigenvalue weighted by atomic mass is 9.96. The van der Waals surface area contributed by atoms with E-state index in [1.807, 2.05) is 13.0 Å². The molecule has 2 N–H and O–H groups in total. The highest BCUT2D eigenvalue weighted by atomic mass is 32.1.